The topological polar surface area (TPSA) is 17.8 Å². The molecule has 2 rings (SSSR count). The fourth-order valence-corrected chi connectivity index (χ4v) is 2.91. The van der Waals surface area contributed by atoms with Crippen LogP contribution in [-0.4, -0.2) is 14.6 Å². The van der Waals surface area contributed by atoms with Gasteiger partial charge in [-0.25, -0.2) is 0 Å². The molecule has 13 heavy (non-hydrogen) atoms. The highest BCUT2D eigenvalue weighted by atomic mass is 79.9. The van der Waals surface area contributed by atoms with E-state index >= 15 is 0 Å². The normalized spacial score (nSPS) is 33.9. The third-order valence-corrected chi connectivity index (χ3v) is 4.49. The Balaban J connectivity index is 2.23. The van der Waals surface area contributed by atoms with Crippen LogP contribution in [0.25, 0.3) is 0 Å². The largest absolute Gasteiger partial charge is 0.272 e. The molecule has 1 heterocycles. The summed E-state index contributed by atoms with van der Waals surface area (Å²) in [6, 6.07) is 2.15. The highest BCUT2D eigenvalue weighted by Gasteiger charge is 2.33. The molecule has 0 saturated heterocycles. The summed E-state index contributed by atoms with van der Waals surface area (Å²) in [4.78, 5) is 0.687. The van der Waals surface area contributed by atoms with Gasteiger partial charge in [-0.2, -0.15) is 5.10 Å². The third-order valence-electron chi connectivity index (χ3n) is 3.20. The highest BCUT2D eigenvalue weighted by Crippen LogP contribution is 2.42. The van der Waals surface area contributed by atoms with Gasteiger partial charge in [0.05, 0.1) is 0 Å². The summed E-state index contributed by atoms with van der Waals surface area (Å²) in [5.41, 5.74) is 1.38. The first-order valence-corrected chi connectivity index (χ1v) is 5.73. The molecule has 3 unspecified atom stereocenters. The van der Waals surface area contributed by atoms with Crippen molar-refractivity contribution in [3.05, 3.63) is 18.0 Å². The molecule has 3 heteroatoms. The van der Waals surface area contributed by atoms with Gasteiger partial charge in [-0.3, -0.25) is 4.68 Å². The SMILES string of the molecule is CC1C(Br)CCC1c1ccnn1C. The number of aromatic nitrogens is 2. The van der Waals surface area contributed by atoms with Crippen LogP contribution in [-0.2, 0) is 7.05 Å². The molecule has 1 aromatic heterocycles. The zero-order chi connectivity index (χ0) is 9.42. The van der Waals surface area contributed by atoms with Gasteiger partial charge in [-0.15, -0.1) is 0 Å². The van der Waals surface area contributed by atoms with Crippen molar-refractivity contribution in [1.82, 2.24) is 9.78 Å². The van der Waals surface area contributed by atoms with Gasteiger partial charge in [0.1, 0.15) is 0 Å². The summed E-state index contributed by atoms with van der Waals surface area (Å²) < 4.78 is 2.01. The second-order valence-corrected chi connectivity index (χ2v) is 5.11. The summed E-state index contributed by atoms with van der Waals surface area (Å²) >= 11 is 3.72. The molecule has 3 atom stereocenters. The molecule has 0 spiro atoms. The molecule has 72 valence electrons. The molecule has 0 radical (unpaired) electrons. The number of hydrogen-bond donors (Lipinski definition) is 0. The van der Waals surface area contributed by atoms with Crippen LogP contribution >= 0.6 is 15.9 Å². The lowest BCUT2D eigenvalue weighted by molar-refractivity contribution is 0.506. The van der Waals surface area contributed by atoms with E-state index in [4.69, 9.17) is 0 Å². The van der Waals surface area contributed by atoms with Crippen molar-refractivity contribution in [3.8, 4) is 0 Å². The molecule has 1 saturated carbocycles. The molecular weight excluding hydrogens is 228 g/mol. The van der Waals surface area contributed by atoms with Crippen LogP contribution < -0.4 is 0 Å². The predicted octanol–water partition coefficient (Wildman–Crippen LogP) is 2.70. The van der Waals surface area contributed by atoms with Crippen LogP contribution in [0.4, 0.5) is 0 Å². The lowest BCUT2D eigenvalue weighted by Crippen LogP contribution is -2.12. The Hall–Kier alpha value is -0.310. The van der Waals surface area contributed by atoms with Crippen LogP contribution in [0.3, 0.4) is 0 Å². The second-order valence-electron chi connectivity index (χ2n) is 3.94. The minimum Gasteiger partial charge on any atom is -0.272 e. The van der Waals surface area contributed by atoms with Crippen molar-refractivity contribution in [3.63, 3.8) is 0 Å². The molecule has 0 amide bonds. The van der Waals surface area contributed by atoms with E-state index in [1.807, 2.05) is 17.9 Å². The maximum atomic E-state index is 4.22. The molecule has 1 fully saturated rings. The summed E-state index contributed by atoms with van der Waals surface area (Å²) in [5.74, 6) is 1.42. The number of alkyl halides is 1. The summed E-state index contributed by atoms with van der Waals surface area (Å²) in [6.45, 7) is 2.32. The lowest BCUT2D eigenvalue weighted by atomic mass is 9.95. The van der Waals surface area contributed by atoms with Gasteiger partial charge < -0.3 is 0 Å². The highest BCUT2D eigenvalue weighted by molar-refractivity contribution is 9.09. The zero-order valence-electron chi connectivity index (χ0n) is 8.07. The van der Waals surface area contributed by atoms with Gasteiger partial charge in [-0.05, 0) is 24.8 Å². The van der Waals surface area contributed by atoms with Gasteiger partial charge in [0.25, 0.3) is 0 Å². The van der Waals surface area contributed by atoms with Gasteiger partial charge in [-0.1, -0.05) is 22.9 Å². The van der Waals surface area contributed by atoms with E-state index in [9.17, 15) is 0 Å². The Labute approximate surface area is 87.5 Å². The average Bonchev–Trinajstić information content (AvgIpc) is 2.62. The monoisotopic (exact) mass is 242 g/mol. The first-order chi connectivity index (χ1) is 6.20. The van der Waals surface area contributed by atoms with Gasteiger partial charge in [0, 0.05) is 29.7 Å². The molecule has 0 aromatic carbocycles. The third kappa shape index (κ3) is 1.54. The average molecular weight is 243 g/mol. The van der Waals surface area contributed by atoms with Crippen LogP contribution in [0.1, 0.15) is 31.4 Å². The van der Waals surface area contributed by atoms with E-state index in [0.29, 0.717) is 10.7 Å². The maximum absolute atomic E-state index is 4.22. The van der Waals surface area contributed by atoms with Crippen molar-refractivity contribution < 1.29 is 0 Å². The van der Waals surface area contributed by atoms with Gasteiger partial charge in [0.2, 0.25) is 0 Å². The van der Waals surface area contributed by atoms with Crippen LogP contribution in [0, 0.1) is 5.92 Å². The van der Waals surface area contributed by atoms with Crippen LogP contribution in [0.2, 0.25) is 0 Å². The van der Waals surface area contributed by atoms with Crippen molar-refractivity contribution in [1.29, 1.82) is 0 Å². The molecule has 2 nitrogen and oxygen atoms in total. The fourth-order valence-electron chi connectivity index (χ4n) is 2.28. The Morgan fingerprint density at radius 1 is 1.54 bits per heavy atom. The van der Waals surface area contributed by atoms with E-state index in [1.54, 1.807) is 0 Å². The number of hydrogen-bond acceptors (Lipinski definition) is 1. The minimum absolute atomic E-state index is 0.687. The standard InChI is InChI=1S/C10H15BrN2/c1-7-8(3-4-9(7)11)10-5-6-12-13(10)2/h5-9H,3-4H2,1-2H3. The number of nitrogens with zero attached hydrogens (tertiary/aromatic N) is 2. The summed E-state index contributed by atoms with van der Waals surface area (Å²) in [5, 5.41) is 4.22. The molecule has 0 bridgehead atoms. The first-order valence-electron chi connectivity index (χ1n) is 4.82. The van der Waals surface area contributed by atoms with Crippen molar-refractivity contribution in [2.75, 3.05) is 0 Å². The van der Waals surface area contributed by atoms with Gasteiger partial charge >= 0.3 is 0 Å². The maximum Gasteiger partial charge on any atom is 0.0492 e. The molecule has 0 N–H and O–H groups in total. The van der Waals surface area contributed by atoms with E-state index in [1.165, 1.54) is 18.5 Å². The summed E-state index contributed by atoms with van der Waals surface area (Å²) in [6.07, 6.45) is 4.47. The smallest absolute Gasteiger partial charge is 0.0492 e. The van der Waals surface area contributed by atoms with Crippen LogP contribution in [0.5, 0.6) is 0 Å². The fraction of sp³-hybridized carbons (Fsp3) is 0.700. The minimum atomic E-state index is 0.687. The number of halogens is 1. The molecule has 1 aromatic rings. The molecule has 0 aliphatic heterocycles. The Bertz CT molecular complexity index is 295. The first kappa shape index (κ1) is 9.25. The Kier molecular flexibility index (Phi) is 2.45. The second kappa shape index (κ2) is 3.45. The van der Waals surface area contributed by atoms with Gasteiger partial charge in [0.15, 0.2) is 0 Å². The number of aryl methyl sites for hydroxylation is 1. The summed E-state index contributed by atoms with van der Waals surface area (Å²) in [7, 11) is 2.03. The van der Waals surface area contributed by atoms with E-state index in [2.05, 4.69) is 34.0 Å². The van der Waals surface area contributed by atoms with E-state index in [-0.39, 0.29) is 0 Å². The van der Waals surface area contributed by atoms with Crippen molar-refractivity contribution in [2.24, 2.45) is 13.0 Å². The molecular formula is C10H15BrN2. The lowest BCUT2D eigenvalue weighted by Gasteiger charge is -2.17. The quantitative estimate of drug-likeness (QED) is 0.693. The predicted molar refractivity (Wildman–Crippen MR) is 57.1 cm³/mol. The van der Waals surface area contributed by atoms with Crippen molar-refractivity contribution >= 4 is 15.9 Å². The van der Waals surface area contributed by atoms with E-state index in [0.717, 1.165) is 5.92 Å². The Morgan fingerprint density at radius 2 is 2.31 bits per heavy atom. The zero-order valence-corrected chi connectivity index (χ0v) is 9.66. The molecule has 1 aliphatic rings. The van der Waals surface area contributed by atoms with Crippen LogP contribution in [0.15, 0.2) is 12.3 Å². The van der Waals surface area contributed by atoms with E-state index < -0.39 is 0 Å². The Morgan fingerprint density at radius 3 is 2.77 bits per heavy atom. The van der Waals surface area contributed by atoms with Crippen molar-refractivity contribution in [2.45, 2.75) is 30.5 Å². The molecule has 1 aliphatic carbocycles. The number of rotatable bonds is 1.